The van der Waals surface area contributed by atoms with Crippen molar-refractivity contribution in [2.24, 2.45) is 0 Å². The first-order chi connectivity index (χ1) is 24.1. The van der Waals surface area contributed by atoms with Crippen LogP contribution in [0.15, 0.2) is 12.7 Å². The van der Waals surface area contributed by atoms with Crippen molar-refractivity contribution in [2.75, 3.05) is 11.5 Å². The van der Waals surface area contributed by atoms with E-state index >= 15 is 0 Å². The number of hydrogen-bond acceptors (Lipinski definition) is 7. The van der Waals surface area contributed by atoms with Crippen molar-refractivity contribution in [3.8, 4) is 0 Å². The molecule has 52 heavy (non-hydrogen) atoms. The maximum absolute atomic E-state index is 11.9. The van der Waals surface area contributed by atoms with E-state index in [9.17, 15) is 5.11 Å². The first-order valence-corrected chi connectivity index (χ1v) is 29.1. The molecule has 1 N–H and O–H groups in total. The molecular formula is C43H86O5S2Si2. The quantitative estimate of drug-likeness (QED) is 0.0592. The molecule has 2 fully saturated rings. The van der Waals surface area contributed by atoms with Gasteiger partial charge in [-0.15, -0.1) is 30.1 Å². The molecule has 0 spiro atoms. The van der Waals surface area contributed by atoms with Crippen molar-refractivity contribution in [2.45, 2.75) is 248 Å². The molecule has 0 aliphatic carbocycles. The van der Waals surface area contributed by atoms with Crippen LogP contribution in [0.3, 0.4) is 0 Å². The van der Waals surface area contributed by atoms with Gasteiger partial charge in [0.05, 0.1) is 28.5 Å². The van der Waals surface area contributed by atoms with Crippen molar-refractivity contribution in [1.29, 1.82) is 0 Å². The van der Waals surface area contributed by atoms with E-state index < -0.39 is 28.5 Å². The molecule has 2 heterocycles. The number of hydrogen-bond donors (Lipinski definition) is 1. The van der Waals surface area contributed by atoms with Crippen LogP contribution in [-0.4, -0.2) is 73.6 Å². The second-order valence-electron chi connectivity index (χ2n) is 19.7. The highest BCUT2D eigenvalue weighted by Gasteiger charge is 2.47. The van der Waals surface area contributed by atoms with E-state index in [0.29, 0.717) is 6.42 Å². The number of aliphatic hydroxyl groups is 1. The van der Waals surface area contributed by atoms with Crippen molar-refractivity contribution in [3.05, 3.63) is 12.7 Å². The summed E-state index contributed by atoms with van der Waals surface area (Å²) in [5, 5.41) is 12.0. The summed E-state index contributed by atoms with van der Waals surface area (Å²) in [6, 6.07) is 0. The Balaban J connectivity index is 2.15. The molecule has 9 heteroatoms. The second kappa shape index (κ2) is 22.0. The van der Waals surface area contributed by atoms with Crippen molar-refractivity contribution >= 4 is 40.2 Å². The highest BCUT2D eigenvalue weighted by atomic mass is 32.2. The molecule has 0 bridgehead atoms. The fraction of sp³-hybridized carbons (Fsp3) is 0.953. The minimum absolute atomic E-state index is 0.0382. The van der Waals surface area contributed by atoms with Crippen LogP contribution in [0.1, 0.15) is 171 Å². The topological polar surface area (TPSA) is 57.2 Å². The lowest BCUT2D eigenvalue weighted by Gasteiger charge is -2.47. The highest BCUT2D eigenvalue weighted by Crippen LogP contribution is 2.51. The van der Waals surface area contributed by atoms with Crippen molar-refractivity contribution in [1.82, 2.24) is 0 Å². The minimum atomic E-state index is -2.10. The Kier molecular flexibility index (Phi) is 20.6. The second-order valence-corrected chi connectivity index (χ2v) is 32.4. The molecule has 0 aromatic carbocycles. The minimum Gasteiger partial charge on any atom is -0.414 e. The van der Waals surface area contributed by atoms with E-state index in [1.807, 2.05) is 29.6 Å². The van der Waals surface area contributed by atoms with Crippen LogP contribution in [0, 0.1) is 0 Å². The average Bonchev–Trinajstić information content (AvgIpc) is 3.00. The van der Waals surface area contributed by atoms with Gasteiger partial charge < -0.3 is 23.4 Å². The monoisotopic (exact) mass is 803 g/mol. The molecular weight excluding hydrogens is 717 g/mol. The third-order valence-corrected chi connectivity index (χ3v) is 24.7. The smallest absolute Gasteiger partial charge is 0.193 e. The van der Waals surface area contributed by atoms with E-state index in [1.54, 1.807) is 0 Å². The molecule has 5 atom stereocenters. The third-order valence-electron chi connectivity index (χ3n) is 12.3. The van der Waals surface area contributed by atoms with Gasteiger partial charge in [0.1, 0.15) is 0 Å². The van der Waals surface area contributed by atoms with Crippen LogP contribution in [0.25, 0.3) is 0 Å². The highest BCUT2D eigenvalue weighted by molar-refractivity contribution is 8.18. The lowest BCUT2D eigenvalue weighted by atomic mass is 9.95. The largest absolute Gasteiger partial charge is 0.414 e. The molecule has 0 aromatic rings. The molecule has 0 amide bonds. The summed E-state index contributed by atoms with van der Waals surface area (Å²) in [4.78, 5) is 0. The molecule has 2 aliphatic heterocycles. The molecule has 0 unspecified atom stereocenters. The van der Waals surface area contributed by atoms with Crippen molar-refractivity contribution in [3.63, 3.8) is 0 Å². The number of rotatable bonds is 24. The van der Waals surface area contributed by atoms with Gasteiger partial charge in [0.15, 0.2) is 22.4 Å². The molecule has 2 saturated heterocycles. The van der Waals surface area contributed by atoms with E-state index in [0.717, 1.165) is 37.2 Å². The SMILES string of the molecule is C=C[C@@H](O[Si](C)(C)C(C)(C)C)[C@H](O)CC1(C[C@@H](C[C@H]2C[C@@H](CCCCCCCCCCCCC)OC(C)(C)O2)O[Si](C)(C)C(C)(C)C)SCCCS1. The molecule has 308 valence electrons. The van der Waals surface area contributed by atoms with Gasteiger partial charge in [0.2, 0.25) is 0 Å². The predicted molar refractivity (Wildman–Crippen MR) is 236 cm³/mol. The summed E-state index contributed by atoms with van der Waals surface area (Å²) in [5.41, 5.74) is 0. The summed E-state index contributed by atoms with van der Waals surface area (Å²) >= 11 is 4.07. The van der Waals surface area contributed by atoms with Gasteiger partial charge in [-0.05, 0) is 87.3 Å². The van der Waals surface area contributed by atoms with Gasteiger partial charge in [-0.25, -0.2) is 0 Å². The number of unbranched alkanes of at least 4 members (excludes halogenated alkanes) is 10. The van der Waals surface area contributed by atoms with Crippen LogP contribution in [0.4, 0.5) is 0 Å². The number of ether oxygens (including phenoxy) is 2. The lowest BCUT2D eigenvalue weighted by Crippen LogP contribution is -2.50. The average molecular weight is 803 g/mol. The van der Waals surface area contributed by atoms with Crippen LogP contribution < -0.4 is 0 Å². The van der Waals surface area contributed by atoms with Gasteiger partial charge >= 0.3 is 0 Å². The zero-order chi connectivity index (χ0) is 39.3. The van der Waals surface area contributed by atoms with Gasteiger partial charge in [-0.2, -0.15) is 0 Å². The summed E-state index contributed by atoms with van der Waals surface area (Å²) in [6.07, 6.45) is 21.8. The first kappa shape index (κ1) is 48.8. The fourth-order valence-electron chi connectivity index (χ4n) is 7.16. The van der Waals surface area contributed by atoms with Crippen LogP contribution >= 0.6 is 23.5 Å². The predicted octanol–water partition coefficient (Wildman–Crippen LogP) is 13.7. The zero-order valence-electron chi connectivity index (χ0n) is 36.5. The number of aliphatic hydroxyl groups excluding tert-OH is 1. The Labute approximate surface area is 334 Å². The molecule has 0 aromatic heterocycles. The van der Waals surface area contributed by atoms with Crippen LogP contribution in [-0.2, 0) is 18.3 Å². The summed E-state index contributed by atoms with van der Waals surface area (Å²) in [7, 11) is -4.19. The maximum Gasteiger partial charge on any atom is 0.193 e. The van der Waals surface area contributed by atoms with Crippen LogP contribution in [0.5, 0.6) is 0 Å². The molecule has 0 saturated carbocycles. The normalized spacial score (nSPS) is 23.3. The first-order valence-electron chi connectivity index (χ1n) is 21.3. The third kappa shape index (κ3) is 17.0. The van der Waals surface area contributed by atoms with E-state index in [-0.39, 0.29) is 38.6 Å². The fourth-order valence-corrected chi connectivity index (χ4v) is 13.3. The zero-order valence-corrected chi connectivity index (χ0v) is 40.1. The van der Waals surface area contributed by atoms with E-state index in [1.165, 1.54) is 77.0 Å². The number of thioether (sulfide) groups is 2. The van der Waals surface area contributed by atoms with Gasteiger partial charge in [-0.1, -0.05) is 125 Å². The molecule has 2 aliphatic rings. The van der Waals surface area contributed by atoms with Crippen molar-refractivity contribution < 1.29 is 23.4 Å². The Bertz CT molecular complexity index is 1000. The Morgan fingerprint density at radius 3 is 1.75 bits per heavy atom. The summed E-state index contributed by atoms with van der Waals surface area (Å²) < 4.78 is 27.2. The van der Waals surface area contributed by atoms with E-state index in [2.05, 4.69) is 95.1 Å². The van der Waals surface area contributed by atoms with Gasteiger partial charge in [0.25, 0.3) is 0 Å². The van der Waals surface area contributed by atoms with Gasteiger partial charge in [-0.3, -0.25) is 0 Å². The van der Waals surface area contributed by atoms with Crippen LogP contribution in [0.2, 0.25) is 36.3 Å². The Morgan fingerprint density at radius 1 is 0.769 bits per heavy atom. The Morgan fingerprint density at radius 2 is 1.25 bits per heavy atom. The maximum atomic E-state index is 11.9. The van der Waals surface area contributed by atoms with E-state index in [4.69, 9.17) is 18.3 Å². The summed E-state index contributed by atoms with van der Waals surface area (Å²) in [6.45, 7) is 33.7. The lowest BCUT2D eigenvalue weighted by molar-refractivity contribution is -0.303. The Hall–Kier alpha value is 0.674. The molecule has 0 radical (unpaired) electrons. The summed E-state index contributed by atoms with van der Waals surface area (Å²) in [5.74, 6) is 1.61. The molecule has 5 nitrogen and oxygen atoms in total. The standard InChI is InChI=1S/C43H86O5S2Si2/c1-15-17-18-19-20-21-22-23-24-25-26-28-35-31-36(46-42(9,10)45-35)32-37(47-51(11,12)40(3,4)5)33-43(49-29-27-30-50-43)34-38(44)39(16-2)48-52(13,14)41(6,7)8/h16,35-39,44H,2,15,17-34H2,1,3-14H3/t35-,36-,37-,38-,39-/m1/s1. The van der Waals surface area contributed by atoms with Gasteiger partial charge in [0, 0.05) is 18.9 Å². The molecule has 2 rings (SSSR count).